The Kier molecular flexibility index (Phi) is 8.30. The second-order valence-corrected chi connectivity index (χ2v) is 6.86. The standard InChI is InChI=1S/C26H30O4/c1-4-13-27-15-17-29-25-21-9-7-8-10-22(21)26(30-18-16-28-14-5-2)24-19-20(6-3)11-12-23(24)25/h4-5,7-12,19H,1-2,6,13-18H2,3H3. The number of hydrogen-bond acceptors (Lipinski definition) is 4. The van der Waals surface area contributed by atoms with Crippen molar-refractivity contribution in [1.82, 2.24) is 0 Å². The molecule has 0 radical (unpaired) electrons. The topological polar surface area (TPSA) is 36.9 Å². The summed E-state index contributed by atoms with van der Waals surface area (Å²) in [7, 11) is 0. The summed E-state index contributed by atoms with van der Waals surface area (Å²) in [6.45, 7) is 12.5. The molecular weight excluding hydrogens is 376 g/mol. The van der Waals surface area contributed by atoms with Crippen LogP contribution < -0.4 is 9.47 Å². The molecule has 0 spiro atoms. The first-order valence-electron chi connectivity index (χ1n) is 10.4. The molecule has 0 bridgehead atoms. The average molecular weight is 407 g/mol. The molecule has 0 heterocycles. The van der Waals surface area contributed by atoms with Gasteiger partial charge < -0.3 is 18.9 Å². The van der Waals surface area contributed by atoms with Gasteiger partial charge in [-0.15, -0.1) is 13.2 Å². The van der Waals surface area contributed by atoms with Gasteiger partial charge in [-0.2, -0.15) is 0 Å². The minimum absolute atomic E-state index is 0.470. The molecule has 0 atom stereocenters. The molecular formula is C26H30O4. The van der Waals surface area contributed by atoms with Crippen LogP contribution in [-0.4, -0.2) is 39.6 Å². The molecule has 4 heteroatoms. The highest BCUT2D eigenvalue weighted by Gasteiger charge is 2.16. The smallest absolute Gasteiger partial charge is 0.135 e. The summed E-state index contributed by atoms with van der Waals surface area (Å²) in [5, 5.41) is 4.15. The van der Waals surface area contributed by atoms with Crippen LogP contribution in [0.2, 0.25) is 0 Å². The number of aryl methyl sites for hydroxylation is 1. The van der Waals surface area contributed by atoms with Crippen LogP contribution in [0.1, 0.15) is 12.5 Å². The van der Waals surface area contributed by atoms with Gasteiger partial charge in [-0.3, -0.25) is 0 Å². The highest BCUT2D eigenvalue weighted by Crippen LogP contribution is 2.43. The van der Waals surface area contributed by atoms with Crippen molar-refractivity contribution in [1.29, 1.82) is 0 Å². The van der Waals surface area contributed by atoms with E-state index in [9.17, 15) is 0 Å². The first-order chi connectivity index (χ1) is 14.8. The van der Waals surface area contributed by atoms with Crippen molar-refractivity contribution in [2.75, 3.05) is 39.6 Å². The third-order valence-electron chi connectivity index (χ3n) is 4.82. The zero-order chi connectivity index (χ0) is 21.2. The largest absolute Gasteiger partial charge is 0.490 e. The molecule has 0 fully saturated rings. The molecule has 0 saturated heterocycles. The van der Waals surface area contributed by atoms with Gasteiger partial charge in [-0.05, 0) is 18.1 Å². The molecule has 4 nitrogen and oxygen atoms in total. The second-order valence-electron chi connectivity index (χ2n) is 6.86. The summed E-state index contributed by atoms with van der Waals surface area (Å²) in [5.74, 6) is 1.73. The summed E-state index contributed by atoms with van der Waals surface area (Å²) in [6.07, 6.45) is 4.43. The van der Waals surface area contributed by atoms with Crippen LogP contribution in [0.4, 0.5) is 0 Å². The van der Waals surface area contributed by atoms with Crippen molar-refractivity contribution in [3.05, 3.63) is 73.3 Å². The van der Waals surface area contributed by atoms with E-state index in [0.717, 1.165) is 39.5 Å². The predicted octanol–water partition coefficient (Wildman–Crippen LogP) is 5.72. The lowest BCUT2D eigenvalue weighted by atomic mass is 9.98. The van der Waals surface area contributed by atoms with E-state index >= 15 is 0 Å². The van der Waals surface area contributed by atoms with E-state index in [1.54, 1.807) is 12.2 Å². The highest BCUT2D eigenvalue weighted by molar-refractivity contribution is 6.11. The fourth-order valence-corrected chi connectivity index (χ4v) is 3.42. The monoisotopic (exact) mass is 406 g/mol. The van der Waals surface area contributed by atoms with Crippen LogP contribution >= 0.6 is 0 Å². The first kappa shape index (κ1) is 21.9. The van der Waals surface area contributed by atoms with Gasteiger partial charge in [0.05, 0.1) is 26.4 Å². The first-order valence-corrected chi connectivity index (χ1v) is 10.4. The average Bonchev–Trinajstić information content (AvgIpc) is 2.79. The summed E-state index contributed by atoms with van der Waals surface area (Å²) >= 11 is 0. The van der Waals surface area contributed by atoms with Crippen molar-refractivity contribution in [3.8, 4) is 11.5 Å². The number of ether oxygens (including phenoxy) is 4. The SMILES string of the molecule is C=CCOCCOc1c2ccccc2c(OCCOCC=C)c2cc(CC)ccc12. The third kappa shape index (κ3) is 5.21. The van der Waals surface area contributed by atoms with Crippen LogP contribution in [0.25, 0.3) is 21.5 Å². The number of rotatable bonds is 13. The fourth-order valence-electron chi connectivity index (χ4n) is 3.42. The molecule has 30 heavy (non-hydrogen) atoms. The van der Waals surface area contributed by atoms with E-state index < -0.39 is 0 Å². The molecule has 3 aromatic carbocycles. The summed E-state index contributed by atoms with van der Waals surface area (Å²) in [5.41, 5.74) is 1.26. The Bertz CT molecular complexity index is 993. The maximum atomic E-state index is 6.24. The van der Waals surface area contributed by atoms with Crippen LogP contribution in [0, 0.1) is 0 Å². The summed E-state index contributed by atoms with van der Waals surface area (Å²) < 4.78 is 23.4. The van der Waals surface area contributed by atoms with Gasteiger partial charge in [0, 0.05) is 21.5 Å². The van der Waals surface area contributed by atoms with E-state index in [4.69, 9.17) is 18.9 Å². The van der Waals surface area contributed by atoms with Crippen molar-refractivity contribution >= 4 is 21.5 Å². The van der Waals surface area contributed by atoms with Gasteiger partial charge in [0.15, 0.2) is 0 Å². The van der Waals surface area contributed by atoms with Crippen molar-refractivity contribution in [2.45, 2.75) is 13.3 Å². The van der Waals surface area contributed by atoms with Gasteiger partial charge in [0.1, 0.15) is 24.7 Å². The lowest BCUT2D eigenvalue weighted by molar-refractivity contribution is 0.121. The molecule has 3 rings (SSSR count). The van der Waals surface area contributed by atoms with E-state index in [0.29, 0.717) is 39.6 Å². The minimum atomic E-state index is 0.470. The van der Waals surface area contributed by atoms with E-state index in [2.05, 4.69) is 50.4 Å². The maximum Gasteiger partial charge on any atom is 0.135 e. The quantitative estimate of drug-likeness (QED) is 0.207. The van der Waals surface area contributed by atoms with Crippen molar-refractivity contribution in [2.24, 2.45) is 0 Å². The maximum absolute atomic E-state index is 6.24. The molecule has 0 aromatic heterocycles. The summed E-state index contributed by atoms with van der Waals surface area (Å²) in [4.78, 5) is 0. The van der Waals surface area contributed by atoms with Crippen LogP contribution in [0.15, 0.2) is 67.8 Å². The molecule has 158 valence electrons. The Morgan fingerprint density at radius 3 is 1.77 bits per heavy atom. The van der Waals surface area contributed by atoms with E-state index in [1.165, 1.54) is 5.56 Å². The summed E-state index contributed by atoms with van der Waals surface area (Å²) in [6, 6.07) is 14.7. The normalized spacial score (nSPS) is 11.0. The molecule has 0 unspecified atom stereocenters. The van der Waals surface area contributed by atoms with Gasteiger partial charge in [-0.1, -0.05) is 55.5 Å². The number of hydrogen-bond donors (Lipinski definition) is 0. The van der Waals surface area contributed by atoms with Gasteiger partial charge in [0.2, 0.25) is 0 Å². The lowest BCUT2D eigenvalue weighted by Crippen LogP contribution is -2.09. The van der Waals surface area contributed by atoms with Gasteiger partial charge >= 0.3 is 0 Å². The molecule has 0 saturated carbocycles. The number of fused-ring (bicyclic) bond motifs is 2. The fraction of sp³-hybridized carbons (Fsp3) is 0.308. The van der Waals surface area contributed by atoms with Crippen molar-refractivity contribution in [3.63, 3.8) is 0 Å². The van der Waals surface area contributed by atoms with E-state index in [-0.39, 0.29) is 0 Å². The zero-order valence-electron chi connectivity index (χ0n) is 17.7. The Morgan fingerprint density at radius 2 is 1.23 bits per heavy atom. The second kappa shape index (κ2) is 11.4. The van der Waals surface area contributed by atoms with Gasteiger partial charge in [-0.25, -0.2) is 0 Å². The molecule has 0 aliphatic carbocycles. The molecule has 0 N–H and O–H groups in total. The predicted molar refractivity (Wildman–Crippen MR) is 124 cm³/mol. The Balaban J connectivity index is 2.01. The minimum Gasteiger partial charge on any atom is -0.490 e. The Morgan fingerprint density at radius 1 is 0.700 bits per heavy atom. The number of benzene rings is 3. The van der Waals surface area contributed by atoms with Crippen LogP contribution in [-0.2, 0) is 15.9 Å². The molecule has 0 amide bonds. The van der Waals surface area contributed by atoms with E-state index in [1.807, 2.05) is 12.1 Å². The Labute approximate surface area is 178 Å². The molecule has 0 aliphatic heterocycles. The van der Waals surface area contributed by atoms with Gasteiger partial charge in [0.25, 0.3) is 0 Å². The van der Waals surface area contributed by atoms with Crippen LogP contribution in [0.5, 0.6) is 11.5 Å². The molecule has 3 aromatic rings. The third-order valence-corrected chi connectivity index (χ3v) is 4.82. The molecule has 0 aliphatic rings. The van der Waals surface area contributed by atoms with Crippen LogP contribution in [0.3, 0.4) is 0 Å². The Hall–Kier alpha value is -2.82. The van der Waals surface area contributed by atoms with Crippen molar-refractivity contribution < 1.29 is 18.9 Å². The zero-order valence-corrected chi connectivity index (χ0v) is 17.7. The highest BCUT2D eigenvalue weighted by atomic mass is 16.5. The lowest BCUT2D eigenvalue weighted by Gasteiger charge is -2.18.